The van der Waals surface area contributed by atoms with Crippen LogP contribution < -0.4 is 9.44 Å². The smallest absolute Gasteiger partial charge is 0.241 e. The molecular weight excluding hydrogens is 1020 g/mol. The van der Waals surface area contributed by atoms with Crippen LogP contribution in [-0.4, -0.2) is 105 Å². The monoisotopic (exact) mass is 1090 g/mol. The van der Waals surface area contributed by atoms with E-state index in [0.717, 1.165) is 22.3 Å². The van der Waals surface area contributed by atoms with Crippen LogP contribution in [-0.2, 0) is 84.1 Å². The lowest BCUT2D eigenvalue weighted by Gasteiger charge is -2.51. The molecule has 6 aromatic rings. The van der Waals surface area contributed by atoms with Gasteiger partial charge in [0.05, 0.1) is 49.4 Å². The number of aliphatic hydroxyl groups excluding tert-OH is 1. The van der Waals surface area contributed by atoms with Gasteiger partial charge in [-0.25, -0.2) is 26.3 Å². The molecule has 76 heavy (non-hydrogen) atoms. The maximum absolute atomic E-state index is 14.7. The Morgan fingerprint density at radius 2 is 0.842 bits per heavy atom. The summed E-state index contributed by atoms with van der Waals surface area (Å²) in [4.78, 5) is -0.0676. The minimum atomic E-state index is -4.40. The average Bonchev–Trinajstić information content (AvgIpc) is 3.43. The van der Waals surface area contributed by atoms with Gasteiger partial charge in [-0.2, -0.15) is 0 Å². The van der Waals surface area contributed by atoms with Crippen LogP contribution in [0, 0.1) is 0 Å². The molecular formula is C58H70N2O13S2Si. The maximum atomic E-state index is 14.7. The Morgan fingerprint density at radius 3 is 1.26 bits per heavy atom. The number of hydrogen-bond donors (Lipinski definition) is 3. The highest BCUT2D eigenvalue weighted by atomic mass is 32.2. The lowest BCUT2D eigenvalue weighted by Crippen LogP contribution is -2.70. The molecule has 2 aliphatic heterocycles. The third-order valence-electron chi connectivity index (χ3n) is 13.9. The normalized spacial score (nSPS) is 24.5. The summed E-state index contributed by atoms with van der Waals surface area (Å²) >= 11 is 0. The van der Waals surface area contributed by atoms with Crippen LogP contribution in [0.1, 0.15) is 43.0 Å². The molecule has 10 atom stereocenters. The minimum Gasteiger partial charge on any atom is -0.391 e. The second-order valence-corrected chi connectivity index (χ2v) is 28.7. The molecule has 3 N–H and O–H groups in total. The molecule has 2 saturated heterocycles. The Hall–Kier alpha value is -5.00. The van der Waals surface area contributed by atoms with Crippen molar-refractivity contribution in [3.63, 3.8) is 0 Å². The third kappa shape index (κ3) is 15.2. The summed E-state index contributed by atoms with van der Waals surface area (Å²) in [6.45, 7) is 10.3. The first-order valence-electron chi connectivity index (χ1n) is 25.5. The van der Waals surface area contributed by atoms with Crippen LogP contribution >= 0.6 is 0 Å². The zero-order valence-electron chi connectivity index (χ0n) is 43.5. The molecule has 2 heterocycles. The zero-order chi connectivity index (χ0) is 53.8. The Kier molecular flexibility index (Phi) is 19.6. The van der Waals surface area contributed by atoms with Crippen molar-refractivity contribution in [1.82, 2.24) is 9.44 Å². The van der Waals surface area contributed by atoms with Gasteiger partial charge in [-0.05, 0) is 64.7 Å². The highest BCUT2D eigenvalue weighted by Gasteiger charge is 2.56. The van der Waals surface area contributed by atoms with E-state index in [-0.39, 0.29) is 54.5 Å². The van der Waals surface area contributed by atoms with E-state index in [1.165, 1.54) is 24.3 Å². The highest BCUT2D eigenvalue weighted by molar-refractivity contribution is 7.89. The van der Waals surface area contributed by atoms with Crippen molar-refractivity contribution in [3.05, 3.63) is 204 Å². The van der Waals surface area contributed by atoms with Crippen LogP contribution in [0.2, 0.25) is 18.1 Å². The largest absolute Gasteiger partial charge is 0.391 e. The van der Waals surface area contributed by atoms with E-state index >= 15 is 0 Å². The number of nitrogens with one attached hydrogen (secondary N) is 2. The Morgan fingerprint density at radius 1 is 0.487 bits per heavy atom. The first kappa shape index (κ1) is 57.2. The number of rotatable bonds is 24. The SMILES string of the molecule is CC(C)(C)[Si](C)(C)O[C@H]1O[C@H](COCc2ccccc2)[C@@H](O[C@@H]2O[C@H](COCc3ccccc3)[C@@H](O)[C@H](OCc3ccccc3)[C@H]2NS(=O)(=O)c2ccccc2)[C@H](OCc2ccccc2)[C@H]1NS(=O)(=O)c1ccccc1. The molecule has 0 radical (unpaired) electrons. The van der Waals surface area contributed by atoms with Crippen molar-refractivity contribution >= 4 is 28.4 Å². The van der Waals surface area contributed by atoms with Crippen molar-refractivity contribution in [2.45, 2.75) is 136 Å². The molecule has 0 aliphatic carbocycles. The molecule has 0 saturated carbocycles. The van der Waals surface area contributed by atoms with Gasteiger partial charge in [0.15, 0.2) is 20.9 Å². The van der Waals surface area contributed by atoms with Gasteiger partial charge in [0.1, 0.15) is 48.7 Å². The lowest BCUT2D eigenvalue weighted by atomic mass is 9.95. The fraction of sp³-hybridized carbons (Fsp3) is 0.379. The Balaban J connectivity index is 1.26. The van der Waals surface area contributed by atoms with Gasteiger partial charge in [0.2, 0.25) is 20.0 Å². The quantitative estimate of drug-likeness (QED) is 0.0491. The van der Waals surface area contributed by atoms with E-state index in [4.69, 9.17) is 37.6 Å². The van der Waals surface area contributed by atoms with E-state index in [0.29, 0.717) is 0 Å². The van der Waals surface area contributed by atoms with Gasteiger partial charge in [-0.3, -0.25) is 0 Å². The number of aliphatic hydroxyl groups is 1. The summed E-state index contributed by atoms with van der Waals surface area (Å²) in [5, 5.41) is 12.0. The average molecular weight is 1100 g/mol. The molecule has 2 fully saturated rings. The summed E-state index contributed by atoms with van der Waals surface area (Å²) in [6.07, 6.45) is -10.5. The van der Waals surface area contributed by atoms with Crippen molar-refractivity contribution in [1.29, 1.82) is 0 Å². The van der Waals surface area contributed by atoms with Gasteiger partial charge < -0.3 is 42.7 Å². The second-order valence-electron chi connectivity index (χ2n) is 20.5. The Bertz CT molecular complexity index is 2910. The van der Waals surface area contributed by atoms with Crippen LogP contribution in [0.3, 0.4) is 0 Å². The molecule has 18 heteroatoms. The molecule has 8 rings (SSSR count). The summed E-state index contributed by atoms with van der Waals surface area (Å²) in [5.41, 5.74) is 3.28. The zero-order valence-corrected chi connectivity index (χ0v) is 46.1. The standard InChI is InChI=1S/C58H70N2O13S2Si/c1-58(2,3)76(4,5)73-57-51(60-75(64,65)47-34-22-11-23-35-47)55(69-39-45-30-18-9-19-31-45)53(49(71-57)41-67-37-43-26-14-7-15-27-43)72-56-50(59-74(62,63)46-32-20-10-21-33-46)54(68-38-44-28-16-8-17-29-44)52(61)48(70-56)40-66-36-42-24-12-6-13-25-42/h6-35,48-57,59-61H,36-41H2,1-5H3/t48-,49-,50-,51-,52-,53-,54-,55-,56+,57-/m1/s1. The van der Waals surface area contributed by atoms with E-state index < -0.39 is 89.7 Å². The van der Waals surface area contributed by atoms with Crippen molar-refractivity contribution < 1.29 is 59.5 Å². The maximum Gasteiger partial charge on any atom is 0.241 e. The molecule has 406 valence electrons. The Labute approximate surface area is 449 Å². The highest BCUT2D eigenvalue weighted by Crippen LogP contribution is 2.41. The number of sulfonamides is 2. The number of hydrogen-bond acceptors (Lipinski definition) is 13. The molecule has 2 aliphatic rings. The van der Waals surface area contributed by atoms with Crippen LogP contribution in [0.15, 0.2) is 192 Å². The first-order valence-corrected chi connectivity index (χ1v) is 31.4. The summed E-state index contributed by atoms with van der Waals surface area (Å²) in [5.74, 6) is 0. The summed E-state index contributed by atoms with van der Waals surface area (Å²) in [7, 11) is -11.5. The van der Waals surface area contributed by atoms with Crippen LogP contribution in [0.25, 0.3) is 0 Å². The van der Waals surface area contributed by atoms with Crippen molar-refractivity contribution in [3.8, 4) is 0 Å². The molecule has 0 amide bonds. The number of ether oxygens (including phenoxy) is 7. The fourth-order valence-corrected chi connectivity index (χ4v) is 12.4. The van der Waals surface area contributed by atoms with Crippen LogP contribution in [0.4, 0.5) is 0 Å². The lowest BCUT2D eigenvalue weighted by molar-refractivity contribution is -0.334. The number of benzene rings is 6. The molecule has 15 nitrogen and oxygen atoms in total. The minimum absolute atomic E-state index is 0.00888. The fourth-order valence-electron chi connectivity index (χ4n) is 8.71. The van der Waals surface area contributed by atoms with Gasteiger partial charge in [-0.1, -0.05) is 178 Å². The van der Waals surface area contributed by atoms with Gasteiger partial charge in [0.25, 0.3) is 0 Å². The van der Waals surface area contributed by atoms with Gasteiger partial charge in [0, 0.05) is 0 Å². The first-order chi connectivity index (χ1) is 36.5. The second kappa shape index (κ2) is 26.1. The molecule has 6 aromatic carbocycles. The van der Waals surface area contributed by atoms with Gasteiger partial charge >= 0.3 is 0 Å². The summed E-state index contributed by atoms with van der Waals surface area (Å²) in [6, 6.07) is 50.8. The summed E-state index contributed by atoms with van der Waals surface area (Å²) < 4.78 is 119. The predicted octanol–water partition coefficient (Wildman–Crippen LogP) is 8.50. The topological polar surface area (TPSA) is 186 Å². The van der Waals surface area contributed by atoms with E-state index in [1.54, 1.807) is 36.4 Å². The predicted molar refractivity (Wildman–Crippen MR) is 290 cm³/mol. The molecule has 0 spiro atoms. The van der Waals surface area contributed by atoms with Crippen LogP contribution in [0.5, 0.6) is 0 Å². The van der Waals surface area contributed by atoms with Gasteiger partial charge in [-0.15, -0.1) is 0 Å². The van der Waals surface area contributed by atoms with Crippen molar-refractivity contribution in [2.24, 2.45) is 0 Å². The molecule has 0 bridgehead atoms. The van der Waals surface area contributed by atoms with E-state index in [9.17, 15) is 21.9 Å². The van der Waals surface area contributed by atoms with E-state index in [2.05, 4.69) is 30.2 Å². The molecule has 0 aromatic heterocycles. The molecule has 0 unspecified atom stereocenters. The van der Waals surface area contributed by atoms with Crippen molar-refractivity contribution in [2.75, 3.05) is 13.2 Å². The van der Waals surface area contributed by atoms with E-state index in [1.807, 2.05) is 134 Å². The third-order valence-corrected chi connectivity index (χ3v) is 21.3.